The van der Waals surface area contributed by atoms with E-state index >= 15 is 0 Å². The number of esters is 1. The monoisotopic (exact) mass is 324 g/mol. The molecule has 0 bridgehead atoms. The number of thiocarbonyl (C=S) groups is 1. The van der Waals surface area contributed by atoms with Crippen LogP contribution in [0, 0.1) is 0 Å². The number of rotatable bonds is 6. The van der Waals surface area contributed by atoms with Crippen molar-refractivity contribution in [1.29, 1.82) is 0 Å². The Kier molecular flexibility index (Phi) is 7.87. The molecule has 78 valence electrons. The predicted octanol–water partition coefficient (Wildman–Crippen LogP) is 0.0511. The zero-order valence-electron chi connectivity index (χ0n) is 7.86. The number of carbonyl (C=O) groups excluding carboxylic acids is 1. The zero-order valence-corrected chi connectivity index (χ0v) is 12.0. The molecule has 0 spiro atoms. The number of carboxylic acids is 1. The third kappa shape index (κ3) is 7.14. The molecule has 0 heterocycles. The van der Waals surface area contributed by atoms with Crippen LogP contribution < -0.4 is 0 Å². The van der Waals surface area contributed by atoms with E-state index in [9.17, 15) is 9.59 Å². The van der Waals surface area contributed by atoms with Crippen molar-refractivity contribution in [3.63, 3.8) is 0 Å². The molecule has 0 rings (SSSR count). The van der Waals surface area contributed by atoms with E-state index in [1.54, 1.807) is 6.92 Å². The van der Waals surface area contributed by atoms with Crippen LogP contribution in [0.5, 0.6) is 0 Å². The third-order valence-electron chi connectivity index (χ3n) is 1.30. The molecule has 0 aromatic heterocycles. The molecule has 0 aliphatic rings. The molecule has 0 aliphatic carbocycles. The van der Waals surface area contributed by atoms with Crippen molar-refractivity contribution in [3.8, 4) is 0 Å². The van der Waals surface area contributed by atoms with Crippen molar-refractivity contribution < 1.29 is 19.4 Å². The Hall–Kier alpha value is -0.301. The molecule has 0 amide bonds. The first-order chi connectivity index (χ1) is 6.57. The van der Waals surface area contributed by atoms with Crippen molar-refractivity contribution in [2.24, 2.45) is 0 Å². The molecule has 0 aromatic carbocycles. The van der Waals surface area contributed by atoms with E-state index < -0.39 is 26.6 Å². The second-order valence-electron chi connectivity index (χ2n) is 2.41. The van der Waals surface area contributed by atoms with E-state index in [2.05, 4.69) is 12.2 Å². The van der Waals surface area contributed by atoms with Gasteiger partial charge in [0.15, 0.2) is 0 Å². The summed E-state index contributed by atoms with van der Waals surface area (Å²) < 4.78 is 7.06. The van der Waals surface area contributed by atoms with Crippen LogP contribution in [-0.4, -0.2) is 53.2 Å². The summed E-state index contributed by atoms with van der Waals surface area (Å²) in [6.07, 6.45) is 0.289. The van der Waals surface area contributed by atoms with Gasteiger partial charge in [0.05, 0.1) is 0 Å². The first kappa shape index (κ1) is 13.7. The van der Waals surface area contributed by atoms with E-state index in [-0.39, 0.29) is 17.3 Å². The Morgan fingerprint density at radius 2 is 2.21 bits per heavy atom. The van der Waals surface area contributed by atoms with E-state index in [1.165, 1.54) is 0 Å². The van der Waals surface area contributed by atoms with Crippen LogP contribution in [0.1, 0.15) is 13.3 Å². The number of hydrogen-bond donors (Lipinski definition) is 1. The van der Waals surface area contributed by atoms with Gasteiger partial charge in [-0.15, -0.1) is 0 Å². The molecule has 0 aliphatic heterocycles. The number of hydrogen-bond acceptors (Lipinski definition) is 4. The topological polar surface area (TPSA) is 63.6 Å². The Labute approximate surface area is 97.3 Å². The minimum atomic E-state index is -1.12. The normalized spacial score (nSPS) is 10.1. The first-order valence-corrected chi connectivity index (χ1v) is 8.78. The number of carbonyl (C=O) groups is 2. The van der Waals surface area contributed by atoms with E-state index in [0.717, 1.165) is 0 Å². The Bertz CT molecular complexity index is 262. The molecular weight excluding hydrogens is 311 g/mol. The van der Waals surface area contributed by atoms with E-state index in [0.29, 0.717) is 11.0 Å². The average molecular weight is 323 g/mol. The fraction of sp³-hybridized carbons (Fsp3) is 0.500. The average Bonchev–Trinajstić information content (AvgIpc) is 2.12. The summed E-state index contributed by atoms with van der Waals surface area (Å²) in [4.78, 5) is 21.2. The van der Waals surface area contributed by atoms with Gasteiger partial charge in [-0.3, -0.25) is 0 Å². The van der Waals surface area contributed by atoms with Gasteiger partial charge in [0.2, 0.25) is 0 Å². The summed E-state index contributed by atoms with van der Waals surface area (Å²) in [6.45, 7) is 2.13. The molecule has 0 atom stereocenters. The quantitative estimate of drug-likeness (QED) is 0.425. The van der Waals surface area contributed by atoms with E-state index in [1.807, 2.05) is 4.02 Å². The van der Waals surface area contributed by atoms with Gasteiger partial charge in [0.1, 0.15) is 0 Å². The molecule has 0 saturated heterocycles. The molecular formula is C8H12O4SSn. The van der Waals surface area contributed by atoms with Gasteiger partial charge < -0.3 is 0 Å². The predicted molar refractivity (Wildman–Crippen MR) is 59.5 cm³/mol. The SMILES string of the molecule is CCOC(=O)C[CH]=[SnH][CH2]C(=S)C(=O)O. The Morgan fingerprint density at radius 1 is 1.57 bits per heavy atom. The standard InChI is InChI=1S/C5H8O2.C3H3O2S.Sn.H/c1-3-5(6)7-4-2;1-2(6)3(4)5;;/h1H,3-4H2,2H3;1H2,(H,4,5);;. The van der Waals surface area contributed by atoms with E-state index in [4.69, 9.17) is 9.84 Å². The minimum absolute atomic E-state index is 0.0753. The van der Waals surface area contributed by atoms with Crippen LogP contribution in [0.2, 0.25) is 4.44 Å². The van der Waals surface area contributed by atoms with Gasteiger partial charge >= 0.3 is 97.5 Å². The van der Waals surface area contributed by atoms with Crippen molar-refractivity contribution in [2.75, 3.05) is 6.61 Å². The molecule has 14 heavy (non-hydrogen) atoms. The van der Waals surface area contributed by atoms with Crippen LogP contribution in [0.3, 0.4) is 0 Å². The summed E-state index contributed by atoms with van der Waals surface area (Å²) in [6, 6.07) is 0. The second-order valence-corrected chi connectivity index (χ2v) is 6.76. The van der Waals surface area contributed by atoms with Crippen molar-refractivity contribution in [2.45, 2.75) is 17.8 Å². The van der Waals surface area contributed by atoms with Crippen LogP contribution in [-0.2, 0) is 14.3 Å². The fourth-order valence-corrected chi connectivity index (χ4v) is 3.93. The molecule has 1 N–H and O–H groups in total. The number of ether oxygens (including phenoxy) is 1. The Balaban J connectivity index is 3.69. The van der Waals surface area contributed by atoms with Gasteiger partial charge in [0, 0.05) is 0 Å². The summed E-state index contributed by atoms with van der Waals surface area (Å²) in [5.74, 6) is -1.27. The van der Waals surface area contributed by atoms with Crippen molar-refractivity contribution in [3.05, 3.63) is 0 Å². The third-order valence-corrected chi connectivity index (χ3v) is 5.95. The fourth-order valence-electron chi connectivity index (χ4n) is 0.677. The molecule has 6 heteroatoms. The molecule has 0 saturated carbocycles. The molecule has 0 fully saturated rings. The maximum atomic E-state index is 10.8. The van der Waals surface area contributed by atoms with Gasteiger partial charge in [0.25, 0.3) is 0 Å². The van der Waals surface area contributed by atoms with Crippen LogP contribution >= 0.6 is 12.2 Å². The first-order valence-electron chi connectivity index (χ1n) is 4.14. The summed E-state index contributed by atoms with van der Waals surface area (Å²) in [7, 11) is 0. The summed E-state index contributed by atoms with van der Waals surface area (Å²) >= 11 is 3.50. The molecule has 0 radical (unpaired) electrons. The van der Waals surface area contributed by atoms with Crippen molar-refractivity contribution >= 4 is 53.7 Å². The van der Waals surface area contributed by atoms with Gasteiger partial charge in [-0.1, -0.05) is 0 Å². The van der Waals surface area contributed by atoms with Gasteiger partial charge in [-0.05, 0) is 0 Å². The second kappa shape index (κ2) is 8.04. The Morgan fingerprint density at radius 3 is 2.71 bits per heavy atom. The summed E-state index contributed by atoms with van der Waals surface area (Å²) in [5.41, 5.74) is 0. The van der Waals surface area contributed by atoms with Crippen LogP contribution in [0.15, 0.2) is 0 Å². The van der Waals surface area contributed by atoms with Gasteiger partial charge in [-0.25, -0.2) is 0 Å². The van der Waals surface area contributed by atoms with Crippen LogP contribution in [0.4, 0.5) is 0 Å². The van der Waals surface area contributed by atoms with Crippen LogP contribution in [0.25, 0.3) is 0 Å². The number of carboxylic acid groups (broad SMARTS) is 1. The zero-order chi connectivity index (χ0) is 11.0. The van der Waals surface area contributed by atoms with Gasteiger partial charge in [-0.2, -0.15) is 0 Å². The summed E-state index contributed by atoms with van der Waals surface area (Å²) in [5, 5.41) is 8.46. The molecule has 4 nitrogen and oxygen atoms in total. The van der Waals surface area contributed by atoms with Crippen molar-refractivity contribution in [1.82, 2.24) is 0 Å². The molecule has 0 unspecified atom stereocenters. The maximum absolute atomic E-state index is 10.8. The number of aliphatic carboxylic acids is 1. The molecule has 0 aromatic rings.